The molecule has 0 amide bonds. The zero-order valence-electron chi connectivity index (χ0n) is 15.3. The van der Waals surface area contributed by atoms with E-state index in [1.54, 1.807) is 13.4 Å². The molecule has 0 fully saturated rings. The van der Waals surface area contributed by atoms with Crippen LogP contribution >= 0.6 is 24.0 Å². The Hall–Kier alpha value is -2.17. The van der Waals surface area contributed by atoms with Crippen LogP contribution < -0.4 is 10.6 Å². The third kappa shape index (κ3) is 4.71. The second-order valence-electron chi connectivity index (χ2n) is 5.86. The van der Waals surface area contributed by atoms with Gasteiger partial charge in [-0.1, -0.05) is 12.1 Å². The summed E-state index contributed by atoms with van der Waals surface area (Å²) in [6, 6.07) is 8.24. The minimum absolute atomic E-state index is 0. The van der Waals surface area contributed by atoms with Gasteiger partial charge in [0, 0.05) is 27.2 Å². The Morgan fingerprint density at radius 2 is 2.04 bits per heavy atom. The van der Waals surface area contributed by atoms with Crippen molar-refractivity contribution in [2.45, 2.75) is 26.4 Å². The number of guanidine groups is 1. The second kappa shape index (κ2) is 9.51. The van der Waals surface area contributed by atoms with Crippen LogP contribution in [-0.4, -0.2) is 43.9 Å². The molecule has 0 unspecified atom stereocenters. The first-order valence-electron chi connectivity index (χ1n) is 8.38. The predicted molar refractivity (Wildman–Crippen MR) is 114 cm³/mol. The van der Waals surface area contributed by atoms with Gasteiger partial charge in [-0.15, -0.1) is 34.2 Å². The average molecular weight is 468 g/mol. The first-order valence-corrected chi connectivity index (χ1v) is 8.38. The number of nitrogens with one attached hydrogen (secondary N) is 2. The number of benzene rings is 1. The summed E-state index contributed by atoms with van der Waals surface area (Å²) in [4.78, 5) is 8.84. The topological polar surface area (TPSA) is 84.9 Å². The molecule has 8 nitrogen and oxygen atoms in total. The van der Waals surface area contributed by atoms with Crippen molar-refractivity contribution in [3.63, 3.8) is 0 Å². The lowest BCUT2D eigenvalue weighted by atomic mass is 10.3. The van der Waals surface area contributed by atoms with E-state index in [9.17, 15) is 0 Å². The van der Waals surface area contributed by atoms with Crippen LogP contribution in [0.4, 0.5) is 0 Å². The molecular weight excluding hydrogens is 443 g/mol. The lowest BCUT2D eigenvalue weighted by Crippen LogP contribution is -2.38. The van der Waals surface area contributed by atoms with Crippen LogP contribution in [0.5, 0.6) is 0 Å². The van der Waals surface area contributed by atoms with Gasteiger partial charge in [0.25, 0.3) is 0 Å². The molecule has 140 valence electrons. The summed E-state index contributed by atoms with van der Waals surface area (Å²) < 4.78 is 4.14. The number of aryl methyl sites for hydroxylation is 3. The lowest BCUT2D eigenvalue weighted by Gasteiger charge is -2.12. The highest BCUT2D eigenvalue weighted by Gasteiger charge is 2.06. The minimum Gasteiger partial charge on any atom is -0.356 e. The summed E-state index contributed by atoms with van der Waals surface area (Å²) in [6.07, 6.45) is 2.66. The van der Waals surface area contributed by atoms with Gasteiger partial charge in [-0.25, -0.2) is 4.98 Å². The van der Waals surface area contributed by atoms with Crippen molar-refractivity contribution in [2.24, 2.45) is 12.0 Å². The largest absolute Gasteiger partial charge is 0.356 e. The van der Waals surface area contributed by atoms with Gasteiger partial charge < -0.3 is 19.8 Å². The Morgan fingerprint density at radius 1 is 1.23 bits per heavy atom. The number of fused-ring (bicyclic) bond motifs is 1. The van der Waals surface area contributed by atoms with E-state index in [1.165, 1.54) is 5.52 Å². The van der Waals surface area contributed by atoms with Crippen molar-refractivity contribution in [1.82, 2.24) is 34.9 Å². The molecule has 1 aromatic carbocycles. The lowest BCUT2D eigenvalue weighted by molar-refractivity contribution is 0.622. The molecular formula is C17H25IN8. The van der Waals surface area contributed by atoms with Gasteiger partial charge in [-0.2, -0.15) is 0 Å². The molecule has 9 heteroatoms. The van der Waals surface area contributed by atoms with Crippen LogP contribution in [0.2, 0.25) is 0 Å². The van der Waals surface area contributed by atoms with E-state index in [-0.39, 0.29) is 24.0 Å². The van der Waals surface area contributed by atoms with Gasteiger partial charge >= 0.3 is 0 Å². The molecule has 0 saturated carbocycles. The fourth-order valence-corrected chi connectivity index (χ4v) is 2.77. The fourth-order valence-electron chi connectivity index (χ4n) is 2.77. The Labute approximate surface area is 170 Å². The van der Waals surface area contributed by atoms with Crippen LogP contribution in [0.3, 0.4) is 0 Å². The Kier molecular flexibility index (Phi) is 7.37. The minimum atomic E-state index is 0. The van der Waals surface area contributed by atoms with Crippen LogP contribution in [0, 0.1) is 6.92 Å². The zero-order valence-corrected chi connectivity index (χ0v) is 17.6. The molecule has 0 bridgehead atoms. The molecule has 0 aliphatic carbocycles. The highest BCUT2D eigenvalue weighted by atomic mass is 127. The number of para-hydroxylation sites is 2. The molecule has 3 aromatic rings. The first-order chi connectivity index (χ1) is 12.2. The van der Waals surface area contributed by atoms with Gasteiger partial charge in [-0.05, 0) is 25.5 Å². The molecule has 2 N–H and O–H groups in total. The zero-order chi connectivity index (χ0) is 17.6. The van der Waals surface area contributed by atoms with Crippen molar-refractivity contribution in [3.8, 4) is 0 Å². The molecule has 0 atom stereocenters. The SMILES string of the molecule is CN=C(NCCCn1c(C)nc2ccccc21)NCc1nncn1C.I. The van der Waals surface area contributed by atoms with Crippen molar-refractivity contribution in [1.29, 1.82) is 0 Å². The third-order valence-corrected chi connectivity index (χ3v) is 4.14. The Balaban J connectivity index is 0.00000243. The maximum absolute atomic E-state index is 4.60. The number of rotatable bonds is 6. The van der Waals surface area contributed by atoms with Gasteiger partial charge in [0.05, 0.1) is 17.6 Å². The summed E-state index contributed by atoms with van der Waals surface area (Å²) in [5.74, 6) is 2.67. The molecule has 0 spiro atoms. The summed E-state index contributed by atoms with van der Waals surface area (Å²) in [6.45, 7) is 4.38. The van der Waals surface area contributed by atoms with E-state index in [4.69, 9.17) is 0 Å². The quantitative estimate of drug-likeness (QED) is 0.250. The van der Waals surface area contributed by atoms with E-state index < -0.39 is 0 Å². The van der Waals surface area contributed by atoms with Crippen molar-refractivity contribution < 1.29 is 0 Å². The molecule has 3 rings (SSSR count). The molecule has 26 heavy (non-hydrogen) atoms. The Bertz CT molecular complexity index is 867. The van der Waals surface area contributed by atoms with E-state index in [1.807, 2.05) is 17.7 Å². The molecule has 0 aliphatic heterocycles. The van der Waals surface area contributed by atoms with Gasteiger partial charge in [0.2, 0.25) is 0 Å². The van der Waals surface area contributed by atoms with E-state index in [0.29, 0.717) is 6.54 Å². The smallest absolute Gasteiger partial charge is 0.191 e. The maximum Gasteiger partial charge on any atom is 0.191 e. The van der Waals surface area contributed by atoms with Crippen LogP contribution in [0.25, 0.3) is 11.0 Å². The third-order valence-electron chi connectivity index (χ3n) is 4.14. The van der Waals surface area contributed by atoms with Crippen molar-refractivity contribution in [3.05, 3.63) is 42.2 Å². The molecule has 0 aliphatic rings. The molecule has 2 heterocycles. The van der Waals surface area contributed by atoms with Crippen LogP contribution in [0.15, 0.2) is 35.6 Å². The molecule has 0 radical (unpaired) electrons. The fraction of sp³-hybridized carbons (Fsp3) is 0.412. The van der Waals surface area contributed by atoms with Gasteiger partial charge in [0.15, 0.2) is 11.8 Å². The van der Waals surface area contributed by atoms with E-state index in [0.717, 1.165) is 42.6 Å². The van der Waals surface area contributed by atoms with Crippen LogP contribution in [-0.2, 0) is 20.1 Å². The van der Waals surface area contributed by atoms with Gasteiger partial charge in [-0.3, -0.25) is 4.99 Å². The summed E-state index contributed by atoms with van der Waals surface area (Å²) in [5.41, 5.74) is 2.24. The maximum atomic E-state index is 4.60. The van der Waals surface area contributed by atoms with Crippen LogP contribution in [0.1, 0.15) is 18.1 Å². The highest BCUT2D eigenvalue weighted by Crippen LogP contribution is 2.15. The Morgan fingerprint density at radius 3 is 2.77 bits per heavy atom. The number of imidazole rings is 1. The second-order valence-corrected chi connectivity index (χ2v) is 5.86. The normalized spacial score (nSPS) is 11.4. The number of hydrogen-bond acceptors (Lipinski definition) is 4. The standard InChI is InChI=1S/C17H24N8.HI/c1-13-22-14-7-4-5-8-15(14)25(13)10-6-9-19-17(18-2)20-11-16-23-21-12-24(16)3;/h4-5,7-8,12H,6,9-11H2,1-3H3,(H2,18,19,20);1H. The van der Waals surface area contributed by atoms with Crippen molar-refractivity contribution in [2.75, 3.05) is 13.6 Å². The van der Waals surface area contributed by atoms with E-state index >= 15 is 0 Å². The number of nitrogens with zero attached hydrogens (tertiary/aromatic N) is 6. The van der Waals surface area contributed by atoms with E-state index in [2.05, 4.69) is 60.5 Å². The number of aromatic nitrogens is 5. The first kappa shape index (κ1) is 20.1. The molecule has 2 aromatic heterocycles. The highest BCUT2D eigenvalue weighted by molar-refractivity contribution is 14.0. The van der Waals surface area contributed by atoms with Gasteiger partial charge in [0.1, 0.15) is 12.2 Å². The summed E-state index contributed by atoms with van der Waals surface area (Å²) >= 11 is 0. The van der Waals surface area contributed by atoms with Crippen molar-refractivity contribution >= 4 is 41.0 Å². The summed E-state index contributed by atoms with van der Waals surface area (Å²) in [7, 11) is 3.69. The summed E-state index contributed by atoms with van der Waals surface area (Å²) in [5, 5.41) is 14.5. The number of hydrogen-bond donors (Lipinski definition) is 2. The average Bonchev–Trinajstić information content (AvgIpc) is 3.17. The number of halogens is 1. The monoisotopic (exact) mass is 468 g/mol. The number of aliphatic imine (C=N–C) groups is 1. The predicted octanol–water partition coefficient (Wildman–Crippen LogP) is 1.85. The molecule has 0 saturated heterocycles.